The predicted octanol–water partition coefficient (Wildman–Crippen LogP) is 3.54. The average Bonchev–Trinajstić information content (AvgIpc) is 2.66. The van der Waals surface area contributed by atoms with Crippen molar-refractivity contribution in [3.05, 3.63) is 52.5 Å². The molecule has 0 radical (unpaired) electrons. The molecular formula is C12H12BrFN2. The molecule has 1 aromatic heterocycles. The molecule has 84 valence electrons. The summed E-state index contributed by atoms with van der Waals surface area (Å²) in [5, 5.41) is 3.07. The molecule has 2 rings (SSSR count). The lowest BCUT2D eigenvalue weighted by Crippen LogP contribution is -2.05. The van der Waals surface area contributed by atoms with Crippen LogP contribution in [0.5, 0.6) is 0 Å². The highest BCUT2D eigenvalue weighted by atomic mass is 79.9. The number of halogens is 2. The topological polar surface area (TPSA) is 17.0 Å². The molecule has 0 atom stereocenters. The standard InChI is InChI=1S/C12H12BrFN2/c1-16-6-2-3-10(16)8-15-12-7-9(13)4-5-11(12)14/h2-7,15H,8H2,1H3. The van der Waals surface area contributed by atoms with E-state index in [0.29, 0.717) is 12.2 Å². The van der Waals surface area contributed by atoms with Crippen molar-refractivity contribution in [2.75, 3.05) is 5.32 Å². The fourth-order valence-electron chi connectivity index (χ4n) is 1.50. The van der Waals surface area contributed by atoms with Crippen molar-refractivity contribution in [1.29, 1.82) is 0 Å². The lowest BCUT2D eigenvalue weighted by atomic mass is 10.3. The molecule has 2 aromatic rings. The Labute approximate surface area is 102 Å². The lowest BCUT2D eigenvalue weighted by molar-refractivity contribution is 0.629. The monoisotopic (exact) mass is 282 g/mol. The Balaban J connectivity index is 2.10. The molecule has 0 amide bonds. The van der Waals surface area contributed by atoms with Crippen LogP contribution >= 0.6 is 15.9 Å². The largest absolute Gasteiger partial charge is 0.377 e. The first-order valence-electron chi connectivity index (χ1n) is 4.96. The molecule has 0 fully saturated rings. The van der Waals surface area contributed by atoms with Crippen LogP contribution in [-0.4, -0.2) is 4.57 Å². The number of rotatable bonds is 3. The fraction of sp³-hybridized carbons (Fsp3) is 0.167. The zero-order chi connectivity index (χ0) is 11.5. The van der Waals surface area contributed by atoms with E-state index in [0.717, 1.165) is 10.2 Å². The molecule has 0 aliphatic rings. The fourth-order valence-corrected chi connectivity index (χ4v) is 1.86. The Bertz CT molecular complexity index is 494. The second-order valence-electron chi connectivity index (χ2n) is 3.59. The highest BCUT2D eigenvalue weighted by molar-refractivity contribution is 9.10. The van der Waals surface area contributed by atoms with E-state index >= 15 is 0 Å². The zero-order valence-electron chi connectivity index (χ0n) is 8.87. The molecule has 0 saturated carbocycles. The Morgan fingerprint density at radius 1 is 1.38 bits per heavy atom. The normalized spacial score (nSPS) is 10.4. The SMILES string of the molecule is Cn1cccc1CNc1cc(Br)ccc1F. The van der Waals surface area contributed by atoms with Crippen molar-refractivity contribution < 1.29 is 4.39 Å². The van der Waals surface area contributed by atoms with Gasteiger partial charge in [0.15, 0.2) is 0 Å². The van der Waals surface area contributed by atoms with Crippen LogP contribution in [0.25, 0.3) is 0 Å². The maximum Gasteiger partial charge on any atom is 0.146 e. The summed E-state index contributed by atoms with van der Waals surface area (Å²) in [6.07, 6.45) is 1.97. The van der Waals surface area contributed by atoms with Crippen molar-refractivity contribution >= 4 is 21.6 Å². The Morgan fingerprint density at radius 3 is 2.88 bits per heavy atom. The van der Waals surface area contributed by atoms with E-state index in [1.54, 1.807) is 12.1 Å². The minimum atomic E-state index is -0.239. The number of nitrogens with zero attached hydrogens (tertiary/aromatic N) is 1. The maximum atomic E-state index is 13.4. The van der Waals surface area contributed by atoms with E-state index in [2.05, 4.69) is 21.2 Å². The van der Waals surface area contributed by atoms with E-state index in [-0.39, 0.29) is 5.82 Å². The number of hydrogen-bond acceptors (Lipinski definition) is 1. The van der Waals surface area contributed by atoms with Crippen LogP contribution in [-0.2, 0) is 13.6 Å². The van der Waals surface area contributed by atoms with Crippen LogP contribution in [0, 0.1) is 5.82 Å². The van der Waals surface area contributed by atoms with Crippen molar-refractivity contribution in [3.8, 4) is 0 Å². The van der Waals surface area contributed by atoms with E-state index in [1.165, 1.54) is 6.07 Å². The minimum Gasteiger partial charge on any atom is -0.377 e. The maximum absolute atomic E-state index is 13.4. The van der Waals surface area contributed by atoms with Gasteiger partial charge in [0.1, 0.15) is 5.82 Å². The van der Waals surface area contributed by atoms with Gasteiger partial charge in [-0.05, 0) is 30.3 Å². The average molecular weight is 283 g/mol. The molecule has 4 heteroatoms. The van der Waals surface area contributed by atoms with Gasteiger partial charge in [0.25, 0.3) is 0 Å². The van der Waals surface area contributed by atoms with Crippen LogP contribution in [0.3, 0.4) is 0 Å². The predicted molar refractivity (Wildman–Crippen MR) is 66.8 cm³/mol. The van der Waals surface area contributed by atoms with E-state index < -0.39 is 0 Å². The second kappa shape index (κ2) is 4.70. The van der Waals surface area contributed by atoms with Crippen LogP contribution < -0.4 is 5.32 Å². The van der Waals surface area contributed by atoms with Crippen LogP contribution in [0.15, 0.2) is 41.0 Å². The number of nitrogens with one attached hydrogen (secondary N) is 1. The van der Waals surface area contributed by atoms with Gasteiger partial charge in [0.05, 0.1) is 12.2 Å². The van der Waals surface area contributed by atoms with Gasteiger partial charge in [-0.3, -0.25) is 0 Å². The Morgan fingerprint density at radius 2 is 2.19 bits per heavy atom. The van der Waals surface area contributed by atoms with Crippen molar-refractivity contribution in [3.63, 3.8) is 0 Å². The molecule has 16 heavy (non-hydrogen) atoms. The summed E-state index contributed by atoms with van der Waals surface area (Å²) in [5.74, 6) is -0.239. The van der Waals surface area contributed by atoms with Crippen molar-refractivity contribution in [1.82, 2.24) is 4.57 Å². The van der Waals surface area contributed by atoms with Gasteiger partial charge in [-0.15, -0.1) is 0 Å². The van der Waals surface area contributed by atoms with Crippen LogP contribution in [0.4, 0.5) is 10.1 Å². The number of benzene rings is 1. The lowest BCUT2D eigenvalue weighted by Gasteiger charge is -2.08. The summed E-state index contributed by atoms with van der Waals surface area (Å²) < 4.78 is 16.3. The molecule has 0 aliphatic heterocycles. The third-order valence-electron chi connectivity index (χ3n) is 2.44. The summed E-state index contributed by atoms with van der Waals surface area (Å²) in [6, 6.07) is 8.83. The third-order valence-corrected chi connectivity index (χ3v) is 2.93. The van der Waals surface area contributed by atoms with Crippen LogP contribution in [0.2, 0.25) is 0 Å². The van der Waals surface area contributed by atoms with E-state index in [9.17, 15) is 4.39 Å². The Kier molecular flexibility index (Phi) is 3.29. The highest BCUT2D eigenvalue weighted by Gasteiger charge is 2.03. The zero-order valence-corrected chi connectivity index (χ0v) is 10.5. The number of aromatic nitrogens is 1. The molecule has 2 nitrogen and oxygen atoms in total. The van der Waals surface area contributed by atoms with Crippen molar-refractivity contribution in [2.24, 2.45) is 7.05 Å². The van der Waals surface area contributed by atoms with Gasteiger partial charge < -0.3 is 9.88 Å². The number of aryl methyl sites for hydroxylation is 1. The number of hydrogen-bond donors (Lipinski definition) is 1. The molecule has 0 saturated heterocycles. The molecule has 1 N–H and O–H groups in total. The second-order valence-corrected chi connectivity index (χ2v) is 4.50. The summed E-state index contributed by atoms with van der Waals surface area (Å²) in [4.78, 5) is 0. The molecule has 0 unspecified atom stereocenters. The first-order valence-corrected chi connectivity index (χ1v) is 5.75. The van der Waals surface area contributed by atoms with Gasteiger partial charge in [-0.25, -0.2) is 4.39 Å². The molecular weight excluding hydrogens is 271 g/mol. The summed E-state index contributed by atoms with van der Waals surface area (Å²) in [7, 11) is 1.97. The van der Waals surface area contributed by atoms with Gasteiger partial charge in [0, 0.05) is 23.4 Å². The van der Waals surface area contributed by atoms with Crippen LogP contribution in [0.1, 0.15) is 5.69 Å². The minimum absolute atomic E-state index is 0.239. The molecule has 1 heterocycles. The number of anilines is 1. The Hall–Kier alpha value is -1.29. The molecule has 0 spiro atoms. The molecule has 0 aliphatic carbocycles. The summed E-state index contributed by atoms with van der Waals surface area (Å²) in [5.41, 5.74) is 1.62. The summed E-state index contributed by atoms with van der Waals surface area (Å²) >= 11 is 3.32. The smallest absolute Gasteiger partial charge is 0.146 e. The first kappa shape index (κ1) is 11.2. The van der Waals surface area contributed by atoms with Gasteiger partial charge in [-0.1, -0.05) is 15.9 Å². The van der Waals surface area contributed by atoms with E-state index in [1.807, 2.05) is 29.9 Å². The summed E-state index contributed by atoms with van der Waals surface area (Å²) in [6.45, 7) is 0.608. The van der Waals surface area contributed by atoms with Gasteiger partial charge in [-0.2, -0.15) is 0 Å². The highest BCUT2D eigenvalue weighted by Crippen LogP contribution is 2.20. The quantitative estimate of drug-likeness (QED) is 0.911. The first-order chi connectivity index (χ1) is 7.66. The van der Waals surface area contributed by atoms with Gasteiger partial charge >= 0.3 is 0 Å². The van der Waals surface area contributed by atoms with E-state index in [4.69, 9.17) is 0 Å². The van der Waals surface area contributed by atoms with Gasteiger partial charge in [0.2, 0.25) is 0 Å². The molecule has 1 aromatic carbocycles. The molecule has 0 bridgehead atoms. The van der Waals surface area contributed by atoms with Crippen molar-refractivity contribution in [2.45, 2.75) is 6.54 Å². The third kappa shape index (κ3) is 2.44.